The van der Waals surface area contributed by atoms with E-state index in [1.807, 2.05) is 0 Å². The van der Waals surface area contributed by atoms with Crippen molar-refractivity contribution in [3.8, 4) is 5.75 Å². The van der Waals surface area contributed by atoms with E-state index in [-0.39, 0.29) is 12.2 Å². The average molecular weight is 419 g/mol. The number of ether oxygens (including phenoxy) is 1. The number of carbonyl (C=O) groups is 1. The van der Waals surface area contributed by atoms with Crippen molar-refractivity contribution in [3.63, 3.8) is 0 Å². The molecule has 0 aliphatic carbocycles. The highest BCUT2D eigenvalue weighted by Crippen LogP contribution is 2.27. The van der Waals surface area contributed by atoms with Crippen LogP contribution in [0.2, 0.25) is 10.0 Å². The molecular weight excluding hydrogens is 408 g/mol. The number of nitrogens with one attached hydrogen (secondary N) is 1. The summed E-state index contributed by atoms with van der Waals surface area (Å²) in [5.41, 5.74) is 1.50. The first-order valence-electron chi connectivity index (χ1n) is 7.56. The molecule has 0 radical (unpaired) electrons. The predicted molar refractivity (Wildman–Crippen MR) is 94.2 cm³/mol. The van der Waals surface area contributed by atoms with Crippen LogP contribution >= 0.6 is 23.2 Å². The largest absolute Gasteiger partial charge is 0.573 e. The van der Waals surface area contributed by atoms with E-state index in [9.17, 15) is 18.0 Å². The van der Waals surface area contributed by atoms with Crippen molar-refractivity contribution in [2.75, 3.05) is 5.32 Å². The number of halogens is 5. The molecule has 3 rings (SSSR count). The van der Waals surface area contributed by atoms with E-state index in [2.05, 4.69) is 15.2 Å². The Morgan fingerprint density at radius 2 is 1.85 bits per heavy atom. The van der Waals surface area contributed by atoms with E-state index in [1.165, 1.54) is 12.1 Å². The minimum atomic E-state index is -4.78. The molecule has 0 spiro atoms. The minimum absolute atomic E-state index is 0.207. The lowest BCUT2D eigenvalue weighted by Crippen LogP contribution is -2.28. The van der Waals surface area contributed by atoms with Crippen LogP contribution < -0.4 is 10.1 Å². The molecule has 0 fully saturated rings. The van der Waals surface area contributed by atoms with Gasteiger partial charge in [-0.1, -0.05) is 34.4 Å². The Kier molecular flexibility index (Phi) is 5.48. The Bertz CT molecular complexity index is 886. The summed E-state index contributed by atoms with van der Waals surface area (Å²) >= 11 is 11.8. The topological polar surface area (TPSA) is 59.9 Å². The lowest BCUT2D eigenvalue weighted by molar-refractivity contribution is -0.274. The van der Waals surface area contributed by atoms with Crippen LogP contribution in [-0.4, -0.2) is 24.1 Å². The van der Waals surface area contributed by atoms with E-state index in [4.69, 9.17) is 28.0 Å². The molecule has 10 heteroatoms. The summed E-state index contributed by atoms with van der Waals surface area (Å²) in [7, 11) is 0. The maximum absolute atomic E-state index is 12.3. The van der Waals surface area contributed by atoms with Gasteiger partial charge in [0.1, 0.15) is 5.75 Å². The van der Waals surface area contributed by atoms with Crippen LogP contribution in [0.5, 0.6) is 5.75 Å². The fourth-order valence-corrected chi connectivity index (χ4v) is 2.62. The quantitative estimate of drug-likeness (QED) is 0.757. The van der Waals surface area contributed by atoms with Gasteiger partial charge in [0.25, 0.3) is 5.91 Å². The molecule has 27 heavy (non-hydrogen) atoms. The second-order valence-corrected chi connectivity index (χ2v) is 6.34. The van der Waals surface area contributed by atoms with E-state index >= 15 is 0 Å². The zero-order valence-corrected chi connectivity index (χ0v) is 14.9. The highest BCUT2D eigenvalue weighted by molar-refractivity contribution is 6.42. The molecule has 1 aliphatic rings. The SMILES string of the molecule is O=C(Nc1ccc(OC(F)(F)F)cc1)[C@H]1CC(c2ccc(Cl)c(Cl)c2)=NO1. The Morgan fingerprint density at radius 1 is 1.15 bits per heavy atom. The molecule has 0 unspecified atom stereocenters. The van der Waals surface area contributed by atoms with Gasteiger partial charge in [0.2, 0.25) is 6.10 Å². The molecule has 0 saturated carbocycles. The highest BCUT2D eigenvalue weighted by atomic mass is 35.5. The highest BCUT2D eigenvalue weighted by Gasteiger charge is 2.31. The minimum Gasteiger partial charge on any atom is -0.406 e. The number of hydrogen-bond acceptors (Lipinski definition) is 4. The second kappa shape index (κ2) is 7.66. The van der Waals surface area contributed by atoms with Gasteiger partial charge in [-0.15, -0.1) is 13.2 Å². The lowest BCUT2D eigenvalue weighted by atomic mass is 10.0. The summed E-state index contributed by atoms with van der Waals surface area (Å²) in [5.74, 6) is -0.874. The first-order chi connectivity index (χ1) is 12.7. The molecule has 2 aromatic carbocycles. The van der Waals surface area contributed by atoms with Crippen LogP contribution in [0.3, 0.4) is 0 Å². The third-order valence-corrected chi connectivity index (χ3v) is 4.31. The van der Waals surface area contributed by atoms with Crippen LogP contribution in [0.25, 0.3) is 0 Å². The molecule has 1 amide bonds. The van der Waals surface area contributed by atoms with Gasteiger partial charge in [0.05, 0.1) is 15.8 Å². The number of benzene rings is 2. The zero-order valence-electron chi connectivity index (χ0n) is 13.4. The molecule has 5 nitrogen and oxygen atoms in total. The van der Waals surface area contributed by atoms with Crippen LogP contribution in [0.15, 0.2) is 47.6 Å². The second-order valence-electron chi connectivity index (χ2n) is 5.53. The number of carbonyl (C=O) groups excluding carboxylic acids is 1. The lowest BCUT2D eigenvalue weighted by Gasteiger charge is -2.11. The van der Waals surface area contributed by atoms with Gasteiger partial charge >= 0.3 is 6.36 Å². The van der Waals surface area contributed by atoms with Gasteiger partial charge in [-0.3, -0.25) is 4.79 Å². The van der Waals surface area contributed by atoms with Crippen molar-refractivity contribution in [3.05, 3.63) is 58.1 Å². The third kappa shape index (κ3) is 5.05. The van der Waals surface area contributed by atoms with Crippen LogP contribution in [0.1, 0.15) is 12.0 Å². The Balaban J connectivity index is 1.59. The summed E-state index contributed by atoms with van der Waals surface area (Å²) in [6.07, 6.45) is -5.44. The number of anilines is 1. The molecular formula is C17H11Cl2F3N2O3. The maximum Gasteiger partial charge on any atom is 0.573 e. The first kappa shape index (κ1) is 19.3. The van der Waals surface area contributed by atoms with Gasteiger partial charge in [-0.25, -0.2) is 0 Å². The summed E-state index contributed by atoms with van der Waals surface area (Å²) < 4.78 is 40.2. The van der Waals surface area contributed by atoms with Crippen molar-refractivity contribution < 1.29 is 27.5 Å². The molecule has 1 aliphatic heterocycles. The van der Waals surface area contributed by atoms with Crippen molar-refractivity contribution in [1.82, 2.24) is 0 Å². The molecule has 142 valence electrons. The third-order valence-electron chi connectivity index (χ3n) is 3.57. The van der Waals surface area contributed by atoms with Crippen molar-refractivity contribution in [1.29, 1.82) is 0 Å². The monoisotopic (exact) mass is 418 g/mol. The van der Waals surface area contributed by atoms with Crippen LogP contribution in [-0.2, 0) is 9.63 Å². The fraction of sp³-hybridized carbons (Fsp3) is 0.176. The number of hydrogen-bond donors (Lipinski definition) is 1. The molecule has 1 heterocycles. The van der Waals surface area contributed by atoms with Gasteiger partial charge in [0.15, 0.2) is 0 Å². The standard InChI is InChI=1S/C17H11Cl2F3N2O3/c18-12-6-1-9(7-13(12)19)14-8-15(27-24-14)16(25)23-10-2-4-11(5-3-10)26-17(20,21)22/h1-7,15H,8H2,(H,23,25)/t15-/m1/s1. The van der Waals surface area contributed by atoms with Gasteiger partial charge < -0.3 is 14.9 Å². The van der Waals surface area contributed by atoms with Crippen molar-refractivity contribution >= 4 is 40.5 Å². The summed E-state index contributed by atoms with van der Waals surface area (Å²) in [5, 5.41) is 7.18. The van der Waals surface area contributed by atoms with Crippen molar-refractivity contribution in [2.24, 2.45) is 5.16 Å². The Morgan fingerprint density at radius 3 is 2.48 bits per heavy atom. The maximum atomic E-state index is 12.3. The smallest absolute Gasteiger partial charge is 0.406 e. The molecule has 0 saturated heterocycles. The number of amides is 1. The average Bonchev–Trinajstić information content (AvgIpc) is 3.08. The first-order valence-corrected chi connectivity index (χ1v) is 8.31. The number of oxime groups is 1. The van der Waals surface area contributed by atoms with Gasteiger partial charge in [-0.2, -0.15) is 0 Å². The van der Waals surface area contributed by atoms with Crippen LogP contribution in [0.4, 0.5) is 18.9 Å². The van der Waals surface area contributed by atoms with Gasteiger partial charge in [-0.05, 0) is 36.4 Å². The van der Waals surface area contributed by atoms with Gasteiger partial charge in [0, 0.05) is 17.7 Å². The molecule has 2 aromatic rings. The van der Waals surface area contributed by atoms with Crippen LogP contribution in [0, 0.1) is 0 Å². The Hall–Kier alpha value is -2.45. The fourth-order valence-electron chi connectivity index (χ4n) is 2.33. The zero-order chi connectivity index (χ0) is 19.6. The van der Waals surface area contributed by atoms with E-state index < -0.39 is 18.4 Å². The molecule has 1 atom stereocenters. The normalized spacial score (nSPS) is 16.5. The van der Waals surface area contributed by atoms with Crippen molar-refractivity contribution in [2.45, 2.75) is 18.9 Å². The summed E-state index contributed by atoms with van der Waals surface area (Å²) in [6, 6.07) is 9.69. The molecule has 1 N–H and O–H groups in total. The Labute approximate surface area is 161 Å². The number of rotatable bonds is 4. The van der Waals surface area contributed by atoms with E-state index in [1.54, 1.807) is 18.2 Å². The van der Waals surface area contributed by atoms with E-state index in [0.29, 0.717) is 27.0 Å². The molecule has 0 bridgehead atoms. The number of nitrogens with zero attached hydrogens (tertiary/aromatic N) is 1. The molecule has 0 aromatic heterocycles. The number of alkyl halides is 3. The summed E-state index contributed by atoms with van der Waals surface area (Å²) in [6.45, 7) is 0. The summed E-state index contributed by atoms with van der Waals surface area (Å²) in [4.78, 5) is 17.4. The predicted octanol–water partition coefficient (Wildman–Crippen LogP) is 5.02. The van der Waals surface area contributed by atoms with E-state index in [0.717, 1.165) is 12.1 Å².